The summed E-state index contributed by atoms with van der Waals surface area (Å²) in [5, 5.41) is 0.00211. The molecule has 4 N–H and O–H groups in total. The third kappa shape index (κ3) is 2.95. The van der Waals surface area contributed by atoms with E-state index in [1.165, 1.54) is 6.20 Å². The van der Waals surface area contributed by atoms with Gasteiger partial charge in [-0.3, -0.25) is 0 Å². The van der Waals surface area contributed by atoms with Crippen molar-refractivity contribution < 1.29 is 12.8 Å². The fourth-order valence-electron chi connectivity index (χ4n) is 1.43. The van der Waals surface area contributed by atoms with Crippen molar-refractivity contribution in [2.24, 2.45) is 0 Å². The van der Waals surface area contributed by atoms with Crippen LogP contribution < -0.4 is 10.5 Å². The molecule has 1 aromatic carbocycles. The lowest BCUT2D eigenvalue weighted by Crippen LogP contribution is -2.25. The quantitative estimate of drug-likeness (QED) is 0.555. The number of hydrogen-bond donors (Lipinski definition) is 3. The second-order valence-corrected chi connectivity index (χ2v) is 6.69. The SMILES string of the molecule is Nc1c(F)c(S(=O)(=O)NCc2ncc[nH]2)cc(Cl)c1Br. The smallest absolute Gasteiger partial charge is 0.244 e. The van der Waals surface area contributed by atoms with E-state index in [0.29, 0.717) is 5.82 Å². The minimum absolute atomic E-state index is 0.00211. The lowest BCUT2D eigenvalue weighted by molar-refractivity contribution is 0.557. The first-order chi connectivity index (χ1) is 9.33. The maximum Gasteiger partial charge on any atom is 0.244 e. The highest BCUT2D eigenvalue weighted by Gasteiger charge is 2.24. The molecule has 0 saturated carbocycles. The lowest BCUT2D eigenvalue weighted by atomic mass is 10.3. The summed E-state index contributed by atoms with van der Waals surface area (Å²) in [6.07, 6.45) is 3.01. The van der Waals surface area contributed by atoms with Crippen LogP contribution in [0.15, 0.2) is 27.8 Å². The fraction of sp³-hybridized carbons (Fsp3) is 0.100. The van der Waals surface area contributed by atoms with Crippen molar-refractivity contribution >= 4 is 43.2 Å². The molecule has 0 unspecified atom stereocenters. The van der Waals surface area contributed by atoms with Gasteiger partial charge in [0.25, 0.3) is 0 Å². The molecule has 2 aromatic rings. The van der Waals surface area contributed by atoms with Crippen molar-refractivity contribution in [3.63, 3.8) is 0 Å². The number of rotatable bonds is 4. The summed E-state index contributed by atoms with van der Waals surface area (Å²) in [4.78, 5) is 5.95. The van der Waals surface area contributed by atoms with Crippen LogP contribution in [0, 0.1) is 5.82 Å². The van der Waals surface area contributed by atoms with Crippen LogP contribution in [0.4, 0.5) is 10.1 Å². The van der Waals surface area contributed by atoms with Crippen LogP contribution in [0.3, 0.4) is 0 Å². The first kappa shape index (κ1) is 15.2. The van der Waals surface area contributed by atoms with Crippen molar-refractivity contribution in [2.45, 2.75) is 11.4 Å². The first-order valence-electron chi connectivity index (χ1n) is 5.24. The van der Waals surface area contributed by atoms with Gasteiger partial charge < -0.3 is 10.7 Å². The van der Waals surface area contributed by atoms with Gasteiger partial charge in [0.05, 0.1) is 21.7 Å². The van der Waals surface area contributed by atoms with Gasteiger partial charge in [-0.2, -0.15) is 0 Å². The number of H-pyrrole nitrogens is 1. The number of anilines is 1. The normalized spacial score (nSPS) is 11.8. The van der Waals surface area contributed by atoms with Gasteiger partial charge in [-0.1, -0.05) is 11.6 Å². The van der Waals surface area contributed by atoms with Gasteiger partial charge >= 0.3 is 0 Å². The molecule has 0 aliphatic heterocycles. The summed E-state index contributed by atoms with van der Waals surface area (Å²) >= 11 is 8.77. The van der Waals surface area contributed by atoms with E-state index < -0.39 is 20.7 Å². The van der Waals surface area contributed by atoms with Gasteiger partial charge in [-0.05, 0) is 22.0 Å². The third-order valence-electron chi connectivity index (χ3n) is 2.43. The van der Waals surface area contributed by atoms with E-state index in [2.05, 4.69) is 30.6 Å². The van der Waals surface area contributed by atoms with Crippen molar-refractivity contribution in [2.75, 3.05) is 5.73 Å². The van der Waals surface area contributed by atoms with Crippen molar-refractivity contribution in [3.05, 3.63) is 39.6 Å². The highest BCUT2D eigenvalue weighted by Crippen LogP contribution is 2.34. The number of sulfonamides is 1. The average molecular weight is 384 g/mol. The minimum atomic E-state index is -4.10. The molecule has 0 bridgehead atoms. The summed E-state index contributed by atoms with van der Waals surface area (Å²) in [7, 11) is -4.10. The zero-order valence-corrected chi connectivity index (χ0v) is 13.0. The molecule has 6 nitrogen and oxygen atoms in total. The number of nitrogens with one attached hydrogen (secondary N) is 2. The largest absolute Gasteiger partial charge is 0.395 e. The molecular weight excluding hydrogens is 375 g/mol. The van der Waals surface area contributed by atoms with Gasteiger partial charge in [-0.25, -0.2) is 22.5 Å². The number of halogens is 3. The Bertz CT molecular complexity index is 736. The Balaban J connectivity index is 2.35. The Hall–Kier alpha value is -1.16. The molecule has 0 fully saturated rings. The minimum Gasteiger partial charge on any atom is -0.395 e. The number of nitrogen functional groups attached to an aromatic ring is 1. The second-order valence-electron chi connectivity index (χ2n) is 3.76. The molecule has 2 rings (SSSR count). The molecule has 0 radical (unpaired) electrons. The Morgan fingerprint density at radius 1 is 1.55 bits per heavy atom. The monoisotopic (exact) mass is 382 g/mol. The van der Waals surface area contributed by atoms with E-state index >= 15 is 0 Å². The molecule has 1 aromatic heterocycles. The van der Waals surface area contributed by atoms with Crippen molar-refractivity contribution in [1.82, 2.24) is 14.7 Å². The summed E-state index contributed by atoms with van der Waals surface area (Å²) in [5.74, 6) is -0.668. The Morgan fingerprint density at radius 3 is 2.85 bits per heavy atom. The predicted octanol–water partition coefficient (Wildman–Crippen LogP) is 2.03. The maximum absolute atomic E-state index is 13.9. The molecular formula is C10H9BrClFN4O2S. The van der Waals surface area contributed by atoms with Crippen LogP contribution in [0.5, 0.6) is 0 Å². The zero-order chi connectivity index (χ0) is 14.9. The van der Waals surface area contributed by atoms with Crippen LogP contribution in [0.2, 0.25) is 5.02 Å². The number of aromatic nitrogens is 2. The summed E-state index contributed by atoms with van der Waals surface area (Å²) < 4.78 is 40.3. The molecule has 10 heteroatoms. The number of imidazole rings is 1. The standard InChI is InChI=1S/C10H9BrClFN4O2S/c11-8-5(12)3-6(9(13)10(8)14)20(18,19)17-4-7-15-1-2-16-7/h1-3,17H,4,14H2,(H,15,16). The van der Waals surface area contributed by atoms with E-state index in [-0.39, 0.29) is 21.7 Å². The average Bonchev–Trinajstić information content (AvgIpc) is 2.91. The van der Waals surface area contributed by atoms with E-state index in [1.54, 1.807) is 6.20 Å². The molecule has 108 valence electrons. The van der Waals surface area contributed by atoms with Gasteiger partial charge in [-0.15, -0.1) is 0 Å². The second kappa shape index (κ2) is 5.68. The lowest BCUT2D eigenvalue weighted by Gasteiger charge is -2.10. The van der Waals surface area contributed by atoms with Gasteiger partial charge in [0.1, 0.15) is 10.7 Å². The summed E-state index contributed by atoms with van der Waals surface area (Å²) in [5.41, 5.74) is 5.09. The Morgan fingerprint density at radius 2 is 2.25 bits per heavy atom. The van der Waals surface area contributed by atoms with Crippen molar-refractivity contribution in [3.8, 4) is 0 Å². The summed E-state index contributed by atoms with van der Waals surface area (Å²) in [6.45, 7) is -0.109. The molecule has 0 atom stereocenters. The van der Waals surface area contributed by atoms with E-state index in [1.807, 2.05) is 0 Å². The van der Waals surface area contributed by atoms with Gasteiger partial charge in [0, 0.05) is 12.4 Å². The Labute approximate surface area is 127 Å². The van der Waals surface area contributed by atoms with Crippen LogP contribution >= 0.6 is 27.5 Å². The van der Waals surface area contributed by atoms with Crippen LogP contribution in [-0.2, 0) is 16.6 Å². The number of benzene rings is 1. The molecule has 0 amide bonds. The van der Waals surface area contributed by atoms with E-state index in [9.17, 15) is 12.8 Å². The molecule has 20 heavy (non-hydrogen) atoms. The number of aromatic amines is 1. The molecule has 0 saturated heterocycles. The van der Waals surface area contributed by atoms with Gasteiger partial charge in [0.15, 0.2) is 5.82 Å². The van der Waals surface area contributed by atoms with E-state index in [0.717, 1.165) is 6.07 Å². The zero-order valence-electron chi connectivity index (χ0n) is 9.82. The maximum atomic E-state index is 13.9. The Kier molecular flexibility index (Phi) is 4.33. The first-order valence-corrected chi connectivity index (χ1v) is 7.89. The molecule has 1 heterocycles. The predicted molar refractivity (Wildman–Crippen MR) is 76.1 cm³/mol. The van der Waals surface area contributed by atoms with Crippen LogP contribution in [0.1, 0.15) is 5.82 Å². The molecule has 0 aliphatic rings. The number of hydrogen-bond acceptors (Lipinski definition) is 4. The number of nitrogens with zero attached hydrogens (tertiary/aromatic N) is 1. The highest BCUT2D eigenvalue weighted by molar-refractivity contribution is 9.10. The van der Waals surface area contributed by atoms with Gasteiger partial charge in [0.2, 0.25) is 10.0 Å². The summed E-state index contributed by atoms with van der Waals surface area (Å²) in [6, 6.07) is 0.988. The highest BCUT2D eigenvalue weighted by atomic mass is 79.9. The fourth-order valence-corrected chi connectivity index (χ4v) is 3.10. The van der Waals surface area contributed by atoms with E-state index in [4.69, 9.17) is 17.3 Å². The van der Waals surface area contributed by atoms with Crippen molar-refractivity contribution in [1.29, 1.82) is 0 Å². The number of nitrogens with two attached hydrogens (primary N) is 1. The molecule has 0 aliphatic carbocycles. The third-order valence-corrected chi connectivity index (χ3v) is 5.21. The van der Waals surface area contributed by atoms with Crippen LogP contribution in [-0.4, -0.2) is 18.4 Å². The molecule has 0 spiro atoms. The topological polar surface area (TPSA) is 101 Å². The van der Waals surface area contributed by atoms with Crippen LogP contribution in [0.25, 0.3) is 0 Å².